The number of hydrogen-bond donors (Lipinski definition) is 0. The maximum atomic E-state index is 12.0. The van der Waals surface area contributed by atoms with Gasteiger partial charge >= 0.3 is 17.1 Å². The molecule has 0 atom stereocenters. The largest absolute Gasteiger partial charge is 0.331 e. The van der Waals surface area contributed by atoms with Crippen LogP contribution in [0, 0.1) is 37.3 Å². The van der Waals surface area contributed by atoms with Crippen molar-refractivity contribution in [3.8, 4) is 0 Å². The van der Waals surface area contributed by atoms with Crippen molar-refractivity contribution in [3.63, 3.8) is 0 Å². The molecule has 15 nitrogen and oxygen atoms in total. The van der Waals surface area contributed by atoms with Crippen LogP contribution in [0.1, 0.15) is 33.3 Å². The molecule has 0 saturated carbocycles. The van der Waals surface area contributed by atoms with Gasteiger partial charge < -0.3 is 0 Å². The summed E-state index contributed by atoms with van der Waals surface area (Å²) in [6.45, 7) is 3.94. The van der Waals surface area contributed by atoms with Crippen LogP contribution in [0.3, 0.4) is 0 Å². The molecule has 30 heavy (non-hydrogen) atoms. The van der Waals surface area contributed by atoms with Crippen molar-refractivity contribution in [2.75, 3.05) is 9.80 Å². The monoisotopic (exact) mass is 425 g/mol. The summed E-state index contributed by atoms with van der Waals surface area (Å²) in [5, 5.41) is 35.2. The van der Waals surface area contributed by atoms with Gasteiger partial charge in [0.1, 0.15) is 5.56 Å². The molecule has 0 aromatic heterocycles. The molecule has 0 N–H and O–H groups in total. The summed E-state index contributed by atoms with van der Waals surface area (Å²) in [4.78, 5) is 79.5. The Morgan fingerprint density at radius 2 is 0.833 bits per heavy atom. The number of rotatable bonds is 5. The molecule has 0 fully saturated rings. The van der Waals surface area contributed by atoms with E-state index in [9.17, 15) is 49.5 Å². The Morgan fingerprint density at radius 3 is 1.00 bits per heavy atom. The Labute approximate surface area is 167 Å². The Balaban J connectivity index is 4.60. The van der Waals surface area contributed by atoms with Crippen LogP contribution in [-0.4, -0.2) is 38.4 Å². The second-order valence-electron chi connectivity index (χ2n) is 5.89. The molecule has 0 unspecified atom stereocenters. The van der Waals surface area contributed by atoms with Gasteiger partial charge in [0, 0.05) is 27.7 Å². The molecule has 0 heterocycles. The molecule has 4 amide bonds. The topological polar surface area (TPSA) is 204 Å². The summed E-state index contributed by atoms with van der Waals surface area (Å²) in [6, 6.07) is 0. The van der Waals surface area contributed by atoms with Gasteiger partial charge in [0.05, 0.1) is 14.8 Å². The summed E-state index contributed by atoms with van der Waals surface area (Å²) >= 11 is 0. The van der Waals surface area contributed by atoms with Gasteiger partial charge in [-0.25, -0.2) is 9.80 Å². The van der Waals surface area contributed by atoms with Crippen LogP contribution in [-0.2, 0) is 19.2 Å². The second-order valence-corrected chi connectivity index (χ2v) is 5.89. The van der Waals surface area contributed by atoms with Gasteiger partial charge in [0.2, 0.25) is 35.0 Å². The van der Waals surface area contributed by atoms with Crippen LogP contribution in [0.25, 0.3) is 0 Å². The molecule has 1 rings (SSSR count). The number of carbonyl (C=O) groups excluding carboxylic acids is 4. The normalized spacial score (nSPS) is 10.2. The van der Waals surface area contributed by atoms with E-state index in [0.717, 1.165) is 34.6 Å². The molecule has 160 valence electrons. The first-order chi connectivity index (χ1) is 13.7. The zero-order valence-electron chi connectivity index (χ0n) is 16.3. The summed E-state index contributed by atoms with van der Waals surface area (Å²) in [5.41, 5.74) is -7.23. The van der Waals surface area contributed by atoms with Crippen LogP contribution in [0.4, 0.5) is 28.4 Å². The minimum atomic E-state index is -1.49. The average molecular weight is 425 g/mol. The lowest BCUT2D eigenvalue weighted by Crippen LogP contribution is -2.37. The van der Waals surface area contributed by atoms with Gasteiger partial charge in [-0.3, -0.25) is 49.5 Å². The molecule has 1 aromatic carbocycles. The standard InChI is InChI=1S/C15H15N5O10/c1-6-11(18(25)26)13(16(7(2)21)8(3)22)15(20(29)30)14(12(6)19(27)28)17(9(4)23)10(5)24/h1-5H3. The van der Waals surface area contributed by atoms with E-state index in [4.69, 9.17) is 0 Å². The van der Waals surface area contributed by atoms with E-state index in [1.54, 1.807) is 0 Å². The Kier molecular flexibility index (Phi) is 6.63. The Hall–Kier alpha value is -4.30. The van der Waals surface area contributed by atoms with Crippen molar-refractivity contribution in [1.82, 2.24) is 0 Å². The number of imide groups is 2. The molecule has 0 aliphatic carbocycles. The van der Waals surface area contributed by atoms with Crippen molar-refractivity contribution < 1.29 is 33.9 Å². The van der Waals surface area contributed by atoms with Crippen molar-refractivity contribution in [2.24, 2.45) is 0 Å². The maximum absolute atomic E-state index is 12.0. The van der Waals surface area contributed by atoms with Crippen molar-refractivity contribution in [2.45, 2.75) is 34.6 Å². The predicted octanol–water partition coefficient (Wildman–Crippen LogP) is 1.52. The fourth-order valence-electron chi connectivity index (χ4n) is 2.92. The molecule has 0 radical (unpaired) electrons. The molecule has 1 aromatic rings. The lowest BCUT2D eigenvalue weighted by Gasteiger charge is -2.23. The number of benzene rings is 1. The summed E-state index contributed by atoms with van der Waals surface area (Å²) in [6.07, 6.45) is 0. The Morgan fingerprint density at radius 1 is 0.600 bits per heavy atom. The third-order valence-corrected chi connectivity index (χ3v) is 3.86. The predicted molar refractivity (Wildman–Crippen MR) is 98.8 cm³/mol. The minimum absolute atomic E-state index is 0.0783. The zero-order valence-corrected chi connectivity index (χ0v) is 16.3. The van der Waals surface area contributed by atoms with Gasteiger partial charge in [0.15, 0.2) is 0 Å². The molecule has 0 spiro atoms. The van der Waals surface area contributed by atoms with E-state index in [0.29, 0.717) is 0 Å². The SMILES string of the molecule is CC(=O)N(C(C)=O)c1c([N+](=O)[O-])c(C)c([N+](=O)[O-])c(N(C(C)=O)C(C)=O)c1[N+](=O)[O-]. The highest BCUT2D eigenvalue weighted by atomic mass is 16.6. The van der Waals surface area contributed by atoms with E-state index in [1.807, 2.05) is 0 Å². The molecular formula is C15H15N5O10. The molecule has 15 heteroatoms. The van der Waals surface area contributed by atoms with Gasteiger partial charge in [-0.05, 0) is 6.92 Å². The lowest BCUT2D eigenvalue weighted by atomic mass is 10.0. The number of nitro benzene ring substituents is 3. The van der Waals surface area contributed by atoms with Crippen LogP contribution >= 0.6 is 0 Å². The second kappa shape index (κ2) is 8.38. The van der Waals surface area contributed by atoms with E-state index >= 15 is 0 Å². The number of carbonyl (C=O) groups is 4. The van der Waals surface area contributed by atoms with E-state index in [-0.39, 0.29) is 9.80 Å². The third-order valence-electron chi connectivity index (χ3n) is 3.86. The molecule has 0 bridgehead atoms. The van der Waals surface area contributed by atoms with Crippen LogP contribution in [0.15, 0.2) is 0 Å². The highest BCUT2D eigenvalue weighted by Crippen LogP contribution is 2.52. The molecule has 0 aliphatic heterocycles. The van der Waals surface area contributed by atoms with Gasteiger partial charge in [-0.2, -0.15) is 0 Å². The number of nitrogens with zero attached hydrogens (tertiary/aromatic N) is 5. The molecule has 0 saturated heterocycles. The van der Waals surface area contributed by atoms with Crippen LogP contribution in [0.5, 0.6) is 0 Å². The lowest BCUT2D eigenvalue weighted by molar-refractivity contribution is -0.401. The molecule has 0 aliphatic rings. The van der Waals surface area contributed by atoms with Gasteiger partial charge in [-0.1, -0.05) is 0 Å². The van der Waals surface area contributed by atoms with Crippen molar-refractivity contribution in [1.29, 1.82) is 0 Å². The highest BCUT2D eigenvalue weighted by molar-refractivity contribution is 6.22. The fourth-order valence-corrected chi connectivity index (χ4v) is 2.92. The maximum Gasteiger partial charge on any atom is 0.331 e. The van der Waals surface area contributed by atoms with Crippen molar-refractivity contribution >= 4 is 52.1 Å². The van der Waals surface area contributed by atoms with E-state index in [1.165, 1.54) is 0 Å². The first-order valence-electron chi connectivity index (χ1n) is 7.92. The quantitative estimate of drug-likeness (QED) is 0.491. The third kappa shape index (κ3) is 3.94. The van der Waals surface area contributed by atoms with Gasteiger partial charge in [-0.15, -0.1) is 0 Å². The highest BCUT2D eigenvalue weighted by Gasteiger charge is 2.47. The fraction of sp³-hybridized carbons (Fsp3) is 0.333. The number of nitro groups is 3. The number of amides is 4. The first kappa shape index (κ1) is 23.7. The first-order valence-corrected chi connectivity index (χ1v) is 7.92. The van der Waals surface area contributed by atoms with Gasteiger partial charge in [0.25, 0.3) is 0 Å². The van der Waals surface area contributed by atoms with E-state index in [2.05, 4.69) is 0 Å². The number of hydrogen-bond acceptors (Lipinski definition) is 10. The van der Waals surface area contributed by atoms with Crippen molar-refractivity contribution in [3.05, 3.63) is 35.9 Å². The average Bonchev–Trinajstić information content (AvgIpc) is 2.51. The zero-order chi connectivity index (χ0) is 23.7. The molecular weight excluding hydrogens is 410 g/mol. The summed E-state index contributed by atoms with van der Waals surface area (Å²) < 4.78 is 0. The minimum Gasteiger partial charge on any atom is -0.274 e. The summed E-state index contributed by atoms with van der Waals surface area (Å²) in [5.74, 6) is -4.70. The van der Waals surface area contributed by atoms with Crippen LogP contribution in [0.2, 0.25) is 0 Å². The number of anilines is 2. The Bertz CT molecular complexity index is 932. The smallest absolute Gasteiger partial charge is 0.274 e. The summed E-state index contributed by atoms with van der Waals surface area (Å²) in [7, 11) is 0. The van der Waals surface area contributed by atoms with E-state index < -0.39 is 72.4 Å². The van der Waals surface area contributed by atoms with Crippen LogP contribution < -0.4 is 9.80 Å².